The highest BCUT2D eigenvalue weighted by Gasteiger charge is 2.09. The van der Waals surface area contributed by atoms with Crippen molar-refractivity contribution in [2.24, 2.45) is 0 Å². The van der Waals surface area contributed by atoms with E-state index in [4.69, 9.17) is 16.3 Å². The fraction of sp³-hybridized carbons (Fsp3) is 0.357. The van der Waals surface area contributed by atoms with Gasteiger partial charge in [-0.3, -0.25) is 0 Å². The third-order valence-corrected chi connectivity index (χ3v) is 2.96. The number of benzene rings is 1. The van der Waals surface area contributed by atoms with Crippen LogP contribution in [0.5, 0.6) is 6.01 Å². The summed E-state index contributed by atoms with van der Waals surface area (Å²) in [5, 5.41) is 0.148. The zero-order chi connectivity index (χ0) is 13.8. The summed E-state index contributed by atoms with van der Waals surface area (Å²) in [5.74, 6) is 0.536. The quantitative estimate of drug-likeness (QED) is 0.857. The molecule has 1 heterocycles. The number of aromatic nitrogens is 3. The molecule has 0 N–H and O–H groups in total. The van der Waals surface area contributed by atoms with Gasteiger partial charge in [0.2, 0.25) is 5.28 Å². The summed E-state index contributed by atoms with van der Waals surface area (Å²) in [6, 6.07) is 6.31. The number of ether oxygens (including phenoxy) is 1. The molecule has 0 radical (unpaired) electrons. The molecule has 1 aromatic carbocycles. The number of hydrogen-bond donors (Lipinski definition) is 0. The normalized spacial score (nSPS) is 10.5. The SMILES string of the molecule is CCCOc1nc(Cl)nc(-c2ccc(C)c(C)c2)n1. The molecule has 2 aromatic rings. The second-order valence-electron chi connectivity index (χ2n) is 4.36. The van der Waals surface area contributed by atoms with Gasteiger partial charge < -0.3 is 4.74 Å². The van der Waals surface area contributed by atoms with E-state index in [0.29, 0.717) is 12.4 Å². The topological polar surface area (TPSA) is 47.9 Å². The van der Waals surface area contributed by atoms with Crippen molar-refractivity contribution in [1.29, 1.82) is 0 Å². The van der Waals surface area contributed by atoms with Gasteiger partial charge in [0.15, 0.2) is 5.82 Å². The summed E-state index contributed by atoms with van der Waals surface area (Å²) in [5.41, 5.74) is 3.32. The van der Waals surface area contributed by atoms with Crippen molar-refractivity contribution in [3.63, 3.8) is 0 Å². The lowest BCUT2D eigenvalue weighted by molar-refractivity contribution is 0.291. The molecule has 19 heavy (non-hydrogen) atoms. The first-order valence-corrected chi connectivity index (χ1v) is 6.60. The third kappa shape index (κ3) is 3.41. The molecule has 0 bridgehead atoms. The fourth-order valence-electron chi connectivity index (χ4n) is 1.60. The summed E-state index contributed by atoms with van der Waals surface area (Å²) in [6.45, 7) is 6.70. The predicted molar refractivity (Wildman–Crippen MR) is 75.5 cm³/mol. The first-order valence-electron chi connectivity index (χ1n) is 6.22. The van der Waals surface area contributed by atoms with Crippen molar-refractivity contribution in [2.75, 3.05) is 6.61 Å². The monoisotopic (exact) mass is 277 g/mol. The number of halogens is 1. The maximum Gasteiger partial charge on any atom is 0.321 e. The first kappa shape index (κ1) is 13.7. The van der Waals surface area contributed by atoms with Gasteiger partial charge in [0.25, 0.3) is 0 Å². The van der Waals surface area contributed by atoms with Crippen molar-refractivity contribution in [3.8, 4) is 17.4 Å². The van der Waals surface area contributed by atoms with E-state index >= 15 is 0 Å². The van der Waals surface area contributed by atoms with Crippen LogP contribution in [-0.2, 0) is 0 Å². The molecule has 0 saturated carbocycles. The highest BCUT2D eigenvalue weighted by Crippen LogP contribution is 2.21. The summed E-state index contributed by atoms with van der Waals surface area (Å²) >= 11 is 5.91. The minimum Gasteiger partial charge on any atom is -0.463 e. The highest BCUT2D eigenvalue weighted by molar-refractivity contribution is 6.28. The second kappa shape index (κ2) is 5.97. The smallest absolute Gasteiger partial charge is 0.321 e. The molecule has 0 fully saturated rings. The molecule has 0 unspecified atom stereocenters. The first-order chi connectivity index (χ1) is 9.10. The van der Waals surface area contributed by atoms with Crippen molar-refractivity contribution in [3.05, 3.63) is 34.6 Å². The molecule has 1 aromatic heterocycles. The number of rotatable bonds is 4. The molecule has 100 valence electrons. The zero-order valence-corrected chi connectivity index (χ0v) is 12.0. The minimum absolute atomic E-state index is 0.148. The average Bonchev–Trinajstić information content (AvgIpc) is 2.39. The van der Waals surface area contributed by atoms with Crippen LogP contribution in [-0.4, -0.2) is 21.6 Å². The average molecular weight is 278 g/mol. The van der Waals surface area contributed by atoms with Gasteiger partial charge in [0.1, 0.15) is 0 Å². The summed E-state index contributed by atoms with van der Waals surface area (Å²) in [4.78, 5) is 12.4. The van der Waals surface area contributed by atoms with Crippen molar-refractivity contribution in [2.45, 2.75) is 27.2 Å². The lowest BCUT2D eigenvalue weighted by Gasteiger charge is -2.07. The standard InChI is InChI=1S/C14H16ClN3O/c1-4-7-19-14-17-12(16-13(15)18-14)11-6-5-9(2)10(3)8-11/h5-6,8H,4,7H2,1-3H3. The Bertz CT molecular complexity index is 587. The van der Waals surface area contributed by atoms with Crippen LogP contribution in [0, 0.1) is 13.8 Å². The fourth-order valence-corrected chi connectivity index (χ4v) is 1.75. The largest absolute Gasteiger partial charge is 0.463 e. The van der Waals surface area contributed by atoms with Gasteiger partial charge >= 0.3 is 6.01 Å². The van der Waals surface area contributed by atoms with Crippen LogP contribution < -0.4 is 4.74 Å². The Morgan fingerprint density at radius 3 is 2.58 bits per heavy atom. The molecule has 5 heteroatoms. The minimum atomic E-state index is 0.148. The van der Waals surface area contributed by atoms with E-state index in [-0.39, 0.29) is 11.3 Å². The molecule has 0 spiro atoms. The summed E-state index contributed by atoms with van der Waals surface area (Å²) in [7, 11) is 0. The predicted octanol–water partition coefficient (Wildman–Crippen LogP) is 3.60. The lowest BCUT2D eigenvalue weighted by Crippen LogP contribution is -2.03. The Balaban J connectivity index is 2.37. The molecule has 2 rings (SSSR count). The maximum absolute atomic E-state index is 5.91. The second-order valence-corrected chi connectivity index (χ2v) is 4.70. The number of aryl methyl sites for hydroxylation is 2. The van der Waals surface area contributed by atoms with Crippen LogP contribution >= 0.6 is 11.6 Å². The molecular weight excluding hydrogens is 262 g/mol. The molecular formula is C14H16ClN3O. The Morgan fingerprint density at radius 1 is 1.11 bits per heavy atom. The molecule has 0 aliphatic heterocycles. The van der Waals surface area contributed by atoms with Gasteiger partial charge in [0.05, 0.1) is 6.61 Å². The van der Waals surface area contributed by atoms with Gasteiger partial charge in [0, 0.05) is 5.56 Å². The Morgan fingerprint density at radius 2 is 1.89 bits per heavy atom. The van der Waals surface area contributed by atoms with Gasteiger partial charge in [-0.25, -0.2) is 0 Å². The van der Waals surface area contributed by atoms with E-state index in [2.05, 4.69) is 28.8 Å². The third-order valence-electron chi connectivity index (χ3n) is 2.79. The van der Waals surface area contributed by atoms with Gasteiger partial charge in [-0.15, -0.1) is 0 Å². The summed E-state index contributed by atoms with van der Waals surface area (Å²) < 4.78 is 5.41. The van der Waals surface area contributed by atoms with E-state index in [9.17, 15) is 0 Å². The Hall–Kier alpha value is -1.68. The number of nitrogens with zero attached hydrogens (tertiary/aromatic N) is 3. The van der Waals surface area contributed by atoms with E-state index in [1.54, 1.807) is 0 Å². The van der Waals surface area contributed by atoms with E-state index < -0.39 is 0 Å². The van der Waals surface area contributed by atoms with E-state index in [1.807, 2.05) is 25.1 Å². The van der Waals surface area contributed by atoms with Crippen molar-refractivity contribution in [1.82, 2.24) is 15.0 Å². The van der Waals surface area contributed by atoms with Crippen LogP contribution in [0.15, 0.2) is 18.2 Å². The summed E-state index contributed by atoms with van der Waals surface area (Å²) in [6.07, 6.45) is 0.891. The zero-order valence-electron chi connectivity index (χ0n) is 11.3. The Labute approximate surface area is 117 Å². The number of hydrogen-bond acceptors (Lipinski definition) is 4. The van der Waals surface area contributed by atoms with Gasteiger partial charge in [-0.05, 0) is 49.1 Å². The van der Waals surface area contributed by atoms with Crippen LogP contribution in [0.3, 0.4) is 0 Å². The van der Waals surface area contributed by atoms with E-state index in [1.165, 1.54) is 11.1 Å². The molecule has 0 saturated heterocycles. The van der Waals surface area contributed by atoms with Crippen molar-refractivity contribution < 1.29 is 4.74 Å². The van der Waals surface area contributed by atoms with Crippen LogP contribution in [0.4, 0.5) is 0 Å². The maximum atomic E-state index is 5.91. The highest BCUT2D eigenvalue weighted by atomic mass is 35.5. The molecule has 0 amide bonds. The van der Waals surface area contributed by atoms with Gasteiger partial charge in [-0.2, -0.15) is 15.0 Å². The molecule has 0 atom stereocenters. The Kier molecular flexibility index (Phi) is 4.32. The van der Waals surface area contributed by atoms with Crippen LogP contribution in [0.25, 0.3) is 11.4 Å². The molecule has 0 aliphatic carbocycles. The van der Waals surface area contributed by atoms with Gasteiger partial charge in [-0.1, -0.05) is 19.1 Å². The molecule has 4 nitrogen and oxygen atoms in total. The van der Waals surface area contributed by atoms with E-state index in [0.717, 1.165) is 12.0 Å². The van der Waals surface area contributed by atoms with Crippen LogP contribution in [0.1, 0.15) is 24.5 Å². The van der Waals surface area contributed by atoms with Crippen LogP contribution in [0.2, 0.25) is 5.28 Å². The lowest BCUT2D eigenvalue weighted by atomic mass is 10.1. The van der Waals surface area contributed by atoms with Crippen molar-refractivity contribution >= 4 is 11.6 Å². The molecule has 0 aliphatic rings.